The van der Waals surface area contributed by atoms with E-state index in [-0.39, 0.29) is 18.2 Å². The van der Waals surface area contributed by atoms with Crippen molar-refractivity contribution in [3.63, 3.8) is 0 Å². The van der Waals surface area contributed by atoms with Gasteiger partial charge in [0.15, 0.2) is 0 Å². The van der Waals surface area contributed by atoms with E-state index in [2.05, 4.69) is 10.1 Å². The lowest BCUT2D eigenvalue weighted by Gasteiger charge is -2.04. The Hall–Kier alpha value is -1.46. The number of nitrogens with zero attached hydrogens (tertiary/aromatic N) is 3. The van der Waals surface area contributed by atoms with Gasteiger partial charge in [-0.2, -0.15) is 5.10 Å². The van der Waals surface area contributed by atoms with Crippen LogP contribution >= 0.6 is 12.4 Å². The molecule has 1 heterocycles. The Balaban J connectivity index is 0.00000128. The number of benzene rings is 1. The molecule has 0 unspecified atom stereocenters. The highest BCUT2D eigenvalue weighted by Gasteiger charge is 2.02. The van der Waals surface area contributed by atoms with E-state index < -0.39 is 0 Å². The summed E-state index contributed by atoms with van der Waals surface area (Å²) in [6.45, 7) is 0.911. The second kappa shape index (κ2) is 5.58. The highest BCUT2D eigenvalue weighted by Crippen LogP contribution is 2.05. The Bertz CT molecular complexity index is 440. The molecule has 0 saturated heterocycles. The van der Waals surface area contributed by atoms with Crippen LogP contribution in [0.1, 0.15) is 11.4 Å². The first-order chi connectivity index (χ1) is 7.29. The predicted molar refractivity (Wildman–Crippen MR) is 60.7 cm³/mol. The van der Waals surface area contributed by atoms with Crippen molar-refractivity contribution in [2.45, 2.75) is 13.1 Å². The van der Waals surface area contributed by atoms with E-state index in [1.807, 2.05) is 0 Å². The van der Waals surface area contributed by atoms with Crippen LogP contribution < -0.4 is 5.73 Å². The average molecular weight is 243 g/mol. The molecular formula is C10H12ClFN4. The molecule has 0 aliphatic heterocycles. The highest BCUT2D eigenvalue weighted by molar-refractivity contribution is 5.85. The van der Waals surface area contributed by atoms with E-state index in [9.17, 15) is 4.39 Å². The zero-order valence-corrected chi connectivity index (χ0v) is 9.32. The van der Waals surface area contributed by atoms with Crippen molar-refractivity contribution in [3.8, 4) is 0 Å². The summed E-state index contributed by atoms with van der Waals surface area (Å²) in [7, 11) is 0. The SMILES string of the molecule is Cl.NCc1ncnn1Cc1ccc(F)cc1. The van der Waals surface area contributed by atoms with Gasteiger partial charge < -0.3 is 5.73 Å². The van der Waals surface area contributed by atoms with Crippen molar-refractivity contribution >= 4 is 12.4 Å². The van der Waals surface area contributed by atoms with Gasteiger partial charge in [0.25, 0.3) is 0 Å². The molecule has 0 amide bonds. The first-order valence-electron chi connectivity index (χ1n) is 4.61. The van der Waals surface area contributed by atoms with Gasteiger partial charge in [-0.1, -0.05) is 12.1 Å². The maximum atomic E-state index is 12.7. The lowest BCUT2D eigenvalue weighted by molar-refractivity contribution is 0.619. The van der Waals surface area contributed by atoms with Gasteiger partial charge in [0, 0.05) is 0 Å². The van der Waals surface area contributed by atoms with Crippen LogP contribution in [0.4, 0.5) is 4.39 Å². The van der Waals surface area contributed by atoms with E-state index in [0.29, 0.717) is 13.1 Å². The lowest BCUT2D eigenvalue weighted by atomic mass is 10.2. The first kappa shape index (κ1) is 12.6. The van der Waals surface area contributed by atoms with Gasteiger partial charge in [-0.25, -0.2) is 14.1 Å². The molecular weight excluding hydrogens is 231 g/mol. The van der Waals surface area contributed by atoms with Crippen molar-refractivity contribution < 1.29 is 4.39 Å². The van der Waals surface area contributed by atoms with Crippen LogP contribution in [-0.4, -0.2) is 14.8 Å². The summed E-state index contributed by atoms with van der Waals surface area (Å²) in [5, 5.41) is 4.04. The predicted octanol–water partition coefficient (Wildman–Crippen LogP) is 1.35. The monoisotopic (exact) mass is 242 g/mol. The third-order valence-corrected chi connectivity index (χ3v) is 2.12. The third kappa shape index (κ3) is 2.77. The fourth-order valence-electron chi connectivity index (χ4n) is 1.34. The molecule has 16 heavy (non-hydrogen) atoms. The number of halogens is 2. The molecule has 2 N–H and O–H groups in total. The minimum absolute atomic E-state index is 0. The molecule has 0 aliphatic rings. The van der Waals surface area contributed by atoms with Crippen molar-refractivity contribution in [2.24, 2.45) is 5.73 Å². The van der Waals surface area contributed by atoms with Crippen molar-refractivity contribution in [1.82, 2.24) is 14.8 Å². The smallest absolute Gasteiger partial charge is 0.140 e. The number of hydrogen-bond acceptors (Lipinski definition) is 3. The quantitative estimate of drug-likeness (QED) is 0.884. The summed E-state index contributed by atoms with van der Waals surface area (Å²) in [6, 6.07) is 6.29. The minimum Gasteiger partial charge on any atom is -0.324 e. The molecule has 0 radical (unpaired) electrons. The van der Waals surface area contributed by atoms with Gasteiger partial charge in [0.1, 0.15) is 18.0 Å². The molecule has 2 rings (SSSR count). The maximum Gasteiger partial charge on any atom is 0.140 e. The normalized spacial score (nSPS) is 9.88. The van der Waals surface area contributed by atoms with Crippen LogP contribution in [0.2, 0.25) is 0 Å². The molecule has 0 atom stereocenters. The van der Waals surface area contributed by atoms with Crippen molar-refractivity contribution in [1.29, 1.82) is 0 Å². The second-order valence-electron chi connectivity index (χ2n) is 3.16. The van der Waals surface area contributed by atoms with Crippen LogP contribution in [-0.2, 0) is 13.1 Å². The molecule has 4 nitrogen and oxygen atoms in total. The van der Waals surface area contributed by atoms with Gasteiger partial charge >= 0.3 is 0 Å². The van der Waals surface area contributed by atoms with Gasteiger partial charge in [0.2, 0.25) is 0 Å². The van der Waals surface area contributed by atoms with Crippen LogP contribution in [0.25, 0.3) is 0 Å². The fraction of sp³-hybridized carbons (Fsp3) is 0.200. The summed E-state index contributed by atoms with van der Waals surface area (Å²) in [5.74, 6) is 0.482. The van der Waals surface area contributed by atoms with Gasteiger partial charge in [0.05, 0.1) is 13.1 Å². The first-order valence-corrected chi connectivity index (χ1v) is 4.61. The number of aromatic nitrogens is 3. The Labute approximate surface area is 98.7 Å². The third-order valence-electron chi connectivity index (χ3n) is 2.12. The van der Waals surface area contributed by atoms with Gasteiger partial charge in [-0.05, 0) is 17.7 Å². The fourth-order valence-corrected chi connectivity index (χ4v) is 1.34. The summed E-state index contributed by atoms with van der Waals surface area (Å²) in [6.07, 6.45) is 1.46. The number of hydrogen-bond donors (Lipinski definition) is 1. The Morgan fingerprint density at radius 1 is 1.25 bits per heavy atom. The van der Waals surface area contributed by atoms with E-state index in [0.717, 1.165) is 11.4 Å². The molecule has 1 aromatic heterocycles. The largest absolute Gasteiger partial charge is 0.324 e. The van der Waals surface area contributed by atoms with E-state index >= 15 is 0 Å². The zero-order chi connectivity index (χ0) is 10.7. The molecule has 0 bridgehead atoms. The highest BCUT2D eigenvalue weighted by atomic mass is 35.5. The molecule has 0 fully saturated rings. The molecule has 0 spiro atoms. The summed E-state index contributed by atoms with van der Waals surface area (Å²) >= 11 is 0. The Morgan fingerprint density at radius 3 is 2.56 bits per heavy atom. The topological polar surface area (TPSA) is 56.7 Å². The van der Waals surface area contributed by atoms with E-state index in [4.69, 9.17) is 5.73 Å². The Morgan fingerprint density at radius 2 is 1.94 bits per heavy atom. The number of rotatable bonds is 3. The Kier molecular flexibility index (Phi) is 4.39. The second-order valence-corrected chi connectivity index (χ2v) is 3.16. The summed E-state index contributed by atoms with van der Waals surface area (Å²) < 4.78 is 14.4. The van der Waals surface area contributed by atoms with Crippen molar-refractivity contribution in [3.05, 3.63) is 47.8 Å². The molecule has 1 aromatic carbocycles. The lowest BCUT2D eigenvalue weighted by Crippen LogP contribution is -2.10. The maximum absolute atomic E-state index is 12.7. The molecule has 2 aromatic rings. The summed E-state index contributed by atoms with van der Waals surface area (Å²) in [4.78, 5) is 4.00. The van der Waals surface area contributed by atoms with E-state index in [1.165, 1.54) is 18.5 Å². The molecule has 0 saturated carbocycles. The number of nitrogens with two attached hydrogens (primary N) is 1. The molecule has 86 valence electrons. The minimum atomic E-state index is -0.239. The standard InChI is InChI=1S/C10H11FN4.ClH/c11-9-3-1-8(2-4-9)6-15-10(5-12)13-7-14-15;/h1-4,7H,5-6,12H2;1H. The van der Waals surface area contributed by atoms with Crippen LogP contribution in [0.15, 0.2) is 30.6 Å². The van der Waals surface area contributed by atoms with Crippen LogP contribution in [0.3, 0.4) is 0 Å². The van der Waals surface area contributed by atoms with Crippen LogP contribution in [0.5, 0.6) is 0 Å². The van der Waals surface area contributed by atoms with E-state index in [1.54, 1.807) is 16.8 Å². The van der Waals surface area contributed by atoms with Crippen LogP contribution in [0, 0.1) is 5.82 Å². The zero-order valence-electron chi connectivity index (χ0n) is 8.51. The van der Waals surface area contributed by atoms with Crippen molar-refractivity contribution in [2.75, 3.05) is 0 Å². The summed E-state index contributed by atoms with van der Waals surface area (Å²) in [5.41, 5.74) is 6.46. The van der Waals surface area contributed by atoms with Gasteiger partial charge in [-0.15, -0.1) is 12.4 Å². The van der Waals surface area contributed by atoms with Gasteiger partial charge in [-0.3, -0.25) is 0 Å². The average Bonchev–Trinajstić information content (AvgIpc) is 2.69. The molecule has 0 aliphatic carbocycles. The molecule has 6 heteroatoms.